The summed E-state index contributed by atoms with van der Waals surface area (Å²) in [5, 5.41) is -4.48. The van der Waals surface area contributed by atoms with E-state index in [-0.39, 0.29) is 16.0 Å². The van der Waals surface area contributed by atoms with Gasteiger partial charge in [0.2, 0.25) is 0 Å². The van der Waals surface area contributed by atoms with Crippen molar-refractivity contribution in [1.29, 1.82) is 0 Å². The van der Waals surface area contributed by atoms with E-state index in [9.17, 15) is 40.3 Å². The molecule has 160 valence electrons. The van der Waals surface area contributed by atoms with Gasteiger partial charge in [-0.3, -0.25) is 9.59 Å². The summed E-state index contributed by atoms with van der Waals surface area (Å²) in [5.74, 6) is -2.01. The third kappa shape index (κ3) is 4.45. The minimum atomic E-state index is -4.77. The molecule has 1 heterocycles. The summed E-state index contributed by atoms with van der Waals surface area (Å²) in [7, 11) is 0. The number of benzene rings is 2. The molecule has 0 N–H and O–H groups in total. The van der Waals surface area contributed by atoms with Crippen LogP contribution < -0.4 is 4.74 Å². The van der Waals surface area contributed by atoms with Gasteiger partial charge in [-0.1, -0.05) is 18.2 Å². The molecule has 0 saturated heterocycles. The Kier molecular flexibility index (Phi) is 5.61. The van der Waals surface area contributed by atoms with Crippen LogP contribution in [0.15, 0.2) is 47.4 Å². The fourth-order valence-electron chi connectivity index (χ4n) is 2.63. The lowest BCUT2D eigenvalue weighted by Crippen LogP contribution is -2.45. The van der Waals surface area contributed by atoms with Crippen molar-refractivity contribution >= 4 is 23.3 Å². The second-order valence-corrected chi connectivity index (χ2v) is 7.48. The van der Waals surface area contributed by atoms with Crippen molar-refractivity contribution in [2.24, 2.45) is 0 Å². The van der Waals surface area contributed by atoms with Crippen LogP contribution >= 0.6 is 11.8 Å². The molecule has 0 amide bonds. The molecule has 11 heteroatoms. The highest BCUT2D eigenvalue weighted by Crippen LogP contribution is 2.54. The molecule has 0 aliphatic carbocycles. The molecule has 0 unspecified atom stereocenters. The lowest BCUT2D eigenvalue weighted by atomic mass is 10.00. The zero-order valence-electron chi connectivity index (χ0n) is 14.7. The minimum Gasteiger partial charge on any atom is -0.426 e. The van der Waals surface area contributed by atoms with E-state index in [4.69, 9.17) is 0 Å². The largest absolute Gasteiger partial charge is 0.475 e. The first-order chi connectivity index (χ1) is 13.8. The third-order valence-electron chi connectivity index (χ3n) is 4.17. The number of thioether (sulfide) groups is 1. The lowest BCUT2D eigenvalue weighted by molar-refractivity contribution is -0.273. The van der Waals surface area contributed by atoms with E-state index < -0.39 is 65.0 Å². The van der Waals surface area contributed by atoms with Gasteiger partial charge < -0.3 is 4.74 Å². The molecular formula is C19H11F7O3S. The van der Waals surface area contributed by atoms with Crippen molar-refractivity contribution in [1.82, 2.24) is 0 Å². The summed E-state index contributed by atoms with van der Waals surface area (Å²) in [5.41, 5.74) is -1.40. The number of carbonyl (C=O) groups is 2. The Morgan fingerprint density at radius 1 is 0.900 bits per heavy atom. The lowest BCUT2D eigenvalue weighted by Gasteiger charge is -2.31. The number of rotatable bonds is 5. The summed E-state index contributed by atoms with van der Waals surface area (Å²) in [4.78, 5) is 24.1. The zero-order chi connectivity index (χ0) is 22.3. The van der Waals surface area contributed by atoms with E-state index in [1.807, 2.05) is 0 Å². The summed E-state index contributed by atoms with van der Waals surface area (Å²) >= 11 is -0.405. The van der Waals surface area contributed by atoms with Crippen molar-refractivity contribution in [2.75, 3.05) is 0 Å². The van der Waals surface area contributed by atoms with Gasteiger partial charge in [0.1, 0.15) is 5.75 Å². The molecule has 0 spiro atoms. The van der Waals surface area contributed by atoms with Crippen LogP contribution in [0.5, 0.6) is 5.75 Å². The van der Waals surface area contributed by atoms with Gasteiger partial charge in [-0.2, -0.15) is 30.7 Å². The first-order valence-electron chi connectivity index (χ1n) is 8.31. The monoisotopic (exact) mass is 452 g/mol. The molecule has 3 rings (SSSR count). The van der Waals surface area contributed by atoms with E-state index in [2.05, 4.69) is 4.74 Å². The van der Waals surface area contributed by atoms with Crippen LogP contribution in [0.25, 0.3) is 0 Å². The van der Waals surface area contributed by atoms with Crippen molar-refractivity contribution in [2.45, 2.75) is 35.3 Å². The Morgan fingerprint density at radius 2 is 1.50 bits per heavy atom. The minimum absolute atomic E-state index is 0.160. The SMILES string of the molecule is O=C(CCC(=O)c1ccc2c(c1)OC(F)(F)C(F)(F)S2)c1cccc(C(F)(F)F)c1. The maximum Gasteiger partial charge on any atom is 0.475 e. The van der Waals surface area contributed by atoms with Crippen molar-refractivity contribution in [3.8, 4) is 5.75 Å². The predicted octanol–water partition coefficient (Wildman–Crippen LogP) is 6.22. The van der Waals surface area contributed by atoms with Crippen molar-refractivity contribution in [3.63, 3.8) is 0 Å². The van der Waals surface area contributed by atoms with Gasteiger partial charge in [-0.25, -0.2) is 0 Å². The number of ether oxygens (including phenoxy) is 1. The standard InChI is InChI=1S/C19H11F7O3S/c20-17(21,22)12-3-1-2-10(8-12)13(27)5-6-14(28)11-4-7-16-15(9-11)29-18(23,24)19(25,26)30-16/h1-4,7-9H,5-6H2. The number of Topliss-reactive ketones (excluding diaryl/α,β-unsaturated/α-hetero) is 2. The van der Waals surface area contributed by atoms with Crippen molar-refractivity contribution < 1.29 is 45.1 Å². The molecule has 2 aromatic carbocycles. The molecule has 2 aromatic rings. The fraction of sp³-hybridized carbons (Fsp3) is 0.263. The van der Waals surface area contributed by atoms with Gasteiger partial charge in [0, 0.05) is 24.0 Å². The average Bonchev–Trinajstić information content (AvgIpc) is 2.65. The Bertz CT molecular complexity index is 1000. The first-order valence-corrected chi connectivity index (χ1v) is 9.13. The fourth-order valence-corrected chi connectivity index (χ4v) is 3.40. The molecule has 0 aromatic heterocycles. The average molecular weight is 452 g/mol. The van der Waals surface area contributed by atoms with E-state index in [0.717, 1.165) is 30.3 Å². The number of ketones is 2. The smallest absolute Gasteiger partial charge is 0.426 e. The maximum atomic E-state index is 13.3. The summed E-state index contributed by atoms with van der Waals surface area (Å²) in [6.07, 6.45) is -10.3. The Hall–Kier alpha value is -2.56. The predicted molar refractivity (Wildman–Crippen MR) is 92.2 cm³/mol. The molecule has 1 aliphatic rings. The summed E-state index contributed by atoms with van der Waals surface area (Å²) < 4.78 is 95.5. The molecule has 3 nitrogen and oxygen atoms in total. The third-order valence-corrected chi connectivity index (χ3v) is 5.22. The maximum absolute atomic E-state index is 13.3. The second-order valence-electron chi connectivity index (χ2n) is 6.32. The Labute approximate surface area is 169 Å². The van der Waals surface area contributed by atoms with Crippen LogP contribution in [0.4, 0.5) is 30.7 Å². The number of hydrogen-bond donors (Lipinski definition) is 0. The molecular weight excluding hydrogens is 441 g/mol. The van der Waals surface area contributed by atoms with Crippen LogP contribution in [0.2, 0.25) is 0 Å². The molecule has 0 fully saturated rings. The van der Waals surface area contributed by atoms with Gasteiger partial charge in [0.15, 0.2) is 11.6 Å². The first kappa shape index (κ1) is 22.1. The summed E-state index contributed by atoms with van der Waals surface area (Å²) in [6.45, 7) is 0. The van der Waals surface area contributed by atoms with E-state index in [1.54, 1.807) is 0 Å². The van der Waals surface area contributed by atoms with Crippen LogP contribution in [-0.4, -0.2) is 22.9 Å². The Balaban J connectivity index is 1.70. The summed E-state index contributed by atoms with van der Waals surface area (Å²) in [6, 6.07) is 6.70. The topological polar surface area (TPSA) is 43.4 Å². The second kappa shape index (κ2) is 7.60. The van der Waals surface area contributed by atoms with Gasteiger partial charge in [0.05, 0.1) is 10.5 Å². The Morgan fingerprint density at radius 3 is 2.10 bits per heavy atom. The van der Waals surface area contributed by atoms with Gasteiger partial charge in [-0.15, -0.1) is 0 Å². The number of halogens is 7. The molecule has 0 saturated carbocycles. The van der Waals surface area contributed by atoms with Crippen LogP contribution in [0.3, 0.4) is 0 Å². The number of fused-ring (bicyclic) bond motifs is 1. The number of hydrogen-bond acceptors (Lipinski definition) is 4. The molecule has 1 aliphatic heterocycles. The molecule has 30 heavy (non-hydrogen) atoms. The number of carbonyl (C=O) groups excluding carboxylic acids is 2. The molecule has 0 bridgehead atoms. The molecule has 0 radical (unpaired) electrons. The van der Waals surface area contributed by atoms with E-state index in [0.29, 0.717) is 6.07 Å². The number of alkyl halides is 7. The quantitative estimate of drug-likeness (QED) is 0.399. The van der Waals surface area contributed by atoms with E-state index in [1.165, 1.54) is 6.07 Å². The zero-order valence-corrected chi connectivity index (χ0v) is 15.6. The van der Waals surface area contributed by atoms with Crippen LogP contribution in [-0.2, 0) is 6.18 Å². The van der Waals surface area contributed by atoms with Crippen LogP contribution in [0.1, 0.15) is 39.1 Å². The highest BCUT2D eigenvalue weighted by molar-refractivity contribution is 8.00. The highest BCUT2D eigenvalue weighted by Gasteiger charge is 2.63. The van der Waals surface area contributed by atoms with Gasteiger partial charge in [-0.05, 0) is 36.0 Å². The van der Waals surface area contributed by atoms with Crippen LogP contribution in [0, 0.1) is 0 Å². The normalized spacial score (nSPS) is 17.0. The molecule has 0 atom stereocenters. The van der Waals surface area contributed by atoms with E-state index >= 15 is 0 Å². The van der Waals surface area contributed by atoms with Gasteiger partial charge in [0.25, 0.3) is 0 Å². The van der Waals surface area contributed by atoms with Crippen molar-refractivity contribution in [3.05, 3.63) is 59.2 Å². The van der Waals surface area contributed by atoms with Gasteiger partial charge >= 0.3 is 17.5 Å². The highest BCUT2D eigenvalue weighted by atomic mass is 32.2.